The summed E-state index contributed by atoms with van der Waals surface area (Å²) in [6, 6.07) is 2.38. The summed E-state index contributed by atoms with van der Waals surface area (Å²) < 4.78 is 38.1. The molecular formula is C13H16F3N3OS. The molecule has 1 rings (SSSR count). The van der Waals surface area contributed by atoms with E-state index in [1.807, 2.05) is 0 Å². The Labute approximate surface area is 126 Å². The van der Waals surface area contributed by atoms with Gasteiger partial charge in [-0.05, 0) is 25.1 Å². The number of anilines is 1. The molecule has 0 radical (unpaired) electrons. The normalized spacial score (nSPS) is 12.7. The van der Waals surface area contributed by atoms with Gasteiger partial charge in [0.15, 0.2) is 0 Å². The van der Waals surface area contributed by atoms with Gasteiger partial charge in [-0.25, -0.2) is 0 Å². The maximum absolute atomic E-state index is 12.7. The number of carbonyl (C=O) groups excluding carboxylic acids is 1. The Hall–Kier alpha value is -1.83. The fourth-order valence-corrected chi connectivity index (χ4v) is 1.90. The van der Waals surface area contributed by atoms with Crippen molar-refractivity contribution in [2.75, 3.05) is 19.4 Å². The summed E-state index contributed by atoms with van der Waals surface area (Å²) in [4.78, 5) is 13.0. The average molecular weight is 319 g/mol. The SMILES string of the molecule is CC(Nc1ccc(C(F)(F)F)cc1C(N)=S)C(=O)N(C)C. The number of nitrogens with zero attached hydrogens (tertiary/aromatic N) is 1. The molecule has 0 aliphatic rings. The van der Waals surface area contributed by atoms with E-state index in [9.17, 15) is 18.0 Å². The predicted octanol–water partition coefficient (Wildman–Crippen LogP) is 2.23. The van der Waals surface area contributed by atoms with E-state index in [-0.39, 0.29) is 16.5 Å². The molecule has 4 nitrogen and oxygen atoms in total. The van der Waals surface area contributed by atoms with Crippen molar-refractivity contribution in [2.45, 2.75) is 19.1 Å². The number of alkyl halides is 3. The van der Waals surface area contributed by atoms with Crippen LogP contribution in [-0.2, 0) is 11.0 Å². The van der Waals surface area contributed by atoms with Crippen molar-refractivity contribution < 1.29 is 18.0 Å². The summed E-state index contributed by atoms with van der Waals surface area (Å²) in [6.45, 7) is 1.60. The molecule has 0 aliphatic heterocycles. The minimum Gasteiger partial charge on any atom is -0.389 e. The molecule has 3 N–H and O–H groups in total. The first-order chi connectivity index (χ1) is 9.54. The van der Waals surface area contributed by atoms with Gasteiger partial charge in [0.25, 0.3) is 0 Å². The number of nitrogens with two attached hydrogens (primary N) is 1. The highest BCUT2D eigenvalue weighted by molar-refractivity contribution is 7.80. The van der Waals surface area contributed by atoms with Crippen molar-refractivity contribution in [1.29, 1.82) is 0 Å². The van der Waals surface area contributed by atoms with Crippen molar-refractivity contribution in [1.82, 2.24) is 4.90 Å². The summed E-state index contributed by atoms with van der Waals surface area (Å²) in [6.07, 6.45) is -4.48. The third kappa shape index (κ3) is 4.32. The lowest BCUT2D eigenvalue weighted by Gasteiger charge is -2.21. The third-order valence-electron chi connectivity index (χ3n) is 2.80. The standard InChI is InChI=1S/C13H16F3N3OS/c1-7(12(20)19(2)3)18-10-5-4-8(13(14,15)16)6-9(10)11(17)21/h4-7,18H,1-3H3,(H2,17,21). The van der Waals surface area contributed by atoms with Gasteiger partial charge in [0.1, 0.15) is 11.0 Å². The molecular weight excluding hydrogens is 303 g/mol. The Morgan fingerprint density at radius 1 is 1.38 bits per heavy atom. The Balaban J connectivity index is 3.14. The predicted molar refractivity (Wildman–Crippen MR) is 79.1 cm³/mol. The molecule has 1 amide bonds. The number of carbonyl (C=O) groups is 1. The molecule has 0 saturated carbocycles. The number of likely N-dealkylation sites (N-methyl/N-ethyl adjacent to an activating group) is 1. The molecule has 0 fully saturated rings. The monoisotopic (exact) mass is 319 g/mol. The molecule has 1 unspecified atom stereocenters. The van der Waals surface area contributed by atoms with Crippen molar-refractivity contribution in [3.8, 4) is 0 Å². The van der Waals surface area contributed by atoms with E-state index < -0.39 is 17.8 Å². The molecule has 0 heterocycles. The van der Waals surface area contributed by atoms with Crippen LogP contribution in [0.2, 0.25) is 0 Å². The van der Waals surface area contributed by atoms with E-state index in [4.69, 9.17) is 18.0 Å². The van der Waals surface area contributed by atoms with Gasteiger partial charge in [-0.2, -0.15) is 13.2 Å². The average Bonchev–Trinajstić information content (AvgIpc) is 2.36. The molecule has 0 spiro atoms. The number of hydrogen-bond acceptors (Lipinski definition) is 3. The Kier molecular flexibility index (Phi) is 5.16. The van der Waals surface area contributed by atoms with Crippen LogP contribution in [0.3, 0.4) is 0 Å². The molecule has 116 valence electrons. The minimum atomic E-state index is -4.48. The number of halogens is 3. The van der Waals surface area contributed by atoms with Gasteiger partial charge in [-0.3, -0.25) is 4.79 Å². The van der Waals surface area contributed by atoms with Crippen LogP contribution in [0, 0.1) is 0 Å². The zero-order chi connectivity index (χ0) is 16.4. The molecule has 0 aliphatic carbocycles. The van der Waals surface area contributed by atoms with Crippen molar-refractivity contribution in [3.05, 3.63) is 29.3 Å². The molecule has 0 aromatic heterocycles. The van der Waals surface area contributed by atoms with Crippen LogP contribution in [0.4, 0.5) is 18.9 Å². The van der Waals surface area contributed by atoms with Crippen LogP contribution in [0.1, 0.15) is 18.1 Å². The zero-order valence-corrected chi connectivity index (χ0v) is 12.6. The lowest BCUT2D eigenvalue weighted by molar-refractivity contribution is -0.137. The largest absolute Gasteiger partial charge is 0.416 e. The third-order valence-corrected chi connectivity index (χ3v) is 3.02. The van der Waals surface area contributed by atoms with Crippen LogP contribution < -0.4 is 11.1 Å². The Bertz CT molecular complexity index is 558. The topological polar surface area (TPSA) is 58.4 Å². The fourth-order valence-electron chi connectivity index (χ4n) is 1.73. The van der Waals surface area contributed by atoms with Gasteiger partial charge < -0.3 is 16.0 Å². The number of nitrogens with one attached hydrogen (secondary N) is 1. The van der Waals surface area contributed by atoms with Crippen LogP contribution in [0.5, 0.6) is 0 Å². The van der Waals surface area contributed by atoms with E-state index >= 15 is 0 Å². The van der Waals surface area contributed by atoms with Gasteiger partial charge >= 0.3 is 6.18 Å². The molecule has 0 saturated heterocycles. The highest BCUT2D eigenvalue weighted by atomic mass is 32.1. The number of thiocarbonyl (C=S) groups is 1. The van der Waals surface area contributed by atoms with E-state index in [2.05, 4.69) is 5.32 Å². The molecule has 21 heavy (non-hydrogen) atoms. The summed E-state index contributed by atoms with van der Waals surface area (Å²) >= 11 is 4.78. The molecule has 0 bridgehead atoms. The zero-order valence-electron chi connectivity index (χ0n) is 11.8. The second-order valence-electron chi connectivity index (χ2n) is 4.72. The van der Waals surface area contributed by atoms with Crippen LogP contribution in [0.15, 0.2) is 18.2 Å². The second kappa shape index (κ2) is 6.30. The maximum Gasteiger partial charge on any atom is 0.416 e. The Morgan fingerprint density at radius 3 is 2.38 bits per heavy atom. The number of benzene rings is 1. The van der Waals surface area contributed by atoms with Crippen molar-refractivity contribution >= 4 is 28.8 Å². The maximum atomic E-state index is 12.7. The summed E-state index contributed by atoms with van der Waals surface area (Å²) in [5, 5.41) is 2.83. The Morgan fingerprint density at radius 2 is 1.95 bits per heavy atom. The van der Waals surface area contributed by atoms with Crippen molar-refractivity contribution in [2.24, 2.45) is 5.73 Å². The van der Waals surface area contributed by atoms with Crippen LogP contribution >= 0.6 is 12.2 Å². The van der Waals surface area contributed by atoms with Crippen LogP contribution in [-0.4, -0.2) is 35.9 Å². The second-order valence-corrected chi connectivity index (χ2v) is 5.16. The van der Waals surface area contributed by atoms with Gasteiger partial charge in [-0.15, -0.1) is 0 Å². The number of amides is 1. The van der Waals surface area contributed by atoms with Gasteiger partial charge in [-0.1, -0.05) is 12.2 Å². The fraction of sp³-hybridized carbons (Fsp3) is 0.385. The molecule has 8 heteroatoms. The lowest BCUT2D eigenvalue weighted by atomic mass is 10.1. The molecule has 1 atom stereocenters. The smallest absolute Gasteiger partial charge is 0.389 e. The van der Waals surface area contributed by atoms with Gasteiger partial charge in [0.05, 0.1) is 5.56 Å². The summed E-state index contributed by atoms with van der Waals surface area (Å²) in [5.74, 6) is -0.219. The first kappa shape index (κ1) is 17.2. The minimum absolute atomic E-state index is 0.0539. The van der Waals surface area contributed by atoms with Gasteiger partial charge in [0.2, 0.25) is 5.91 Å². The highest BCUT2D eigenvalue weighted by Crippen LogP contribution is 2.32. The van der Waals surface area contributed by atoms with Crippen LogP contribution in [0.25, 0.3) is 0 Å². The summed E-state index contributed by atoms with van der Waals surface area (Å²) in [5.41, 5.74) is 4.97. The molecule has 1 aromatic carbocycles. The first-order valence-corrected chi connectivity index (χ1v) is 6.43. The van der Waals surface area contributed by atoms with E-state index in [1.54, 1.807) is 21.0 Å². The quantitative estimate of drug-likeness (QED) is 0.836. The summed E-state index contributed by atoms with van der Waals surface area (Å²) in [7, 11) is 3.17. The first-order valence-electron chi connectivity index (χ1n) is 6.02. The lowest BCUT2D eigenvalue weighted by Crippen LogP contribution is -2.37. The number of hydrogen-bond donors (Lipinski definition) is 2. The number of rotatable bonds is 4. The highest BCUT2D eigenvalue weighted by Gasteiger charge is 2.31. The van der Waals surface area contributed by atoms with Gasteiger partial charge in [0, 0.05) is 25.3 Å². The van der Waals surface area contributed by atoms with E-state index in [0.717, 1.165) is 12.1 Å². The van der Waals surface area contributed by atoms with E-state index in [0.29, 0.717) is 5.69 Å². The molecule has 1 aromatic rings. The van der Waals surface area contributed by atoms with E-state index in [1.165, 1.54) is 11.0 Å². The van der Waals surface area contributed by atoms with Crippen molar-refractivity contribution in [3.63, 3.8) is 0 Å².